The van der Waals surface area contributed by atoms with Crippen molar-refractivity contribution in [2.75, 3.05) is 5.73 Å². The van der Waals surface area contributed by atoms with E-state index < -0.39 is 0 Å². The highest BCUT2D eigenvalue weighted by Gasteiger charge is 2.08. The van der Waals surface area contributed by atoms with Gasteiger partial charge in [-0.05, 0) is 29.8 Å². The summed E-state index contributed by atoms with van der Waals surface area (Å²) in [7, 11) is 0. The lowest BCUT2D eigenvalue weighted by atomic mass is 10.0. The summed E-state index contributed by atoms with van der Waals surface area (Å²) >= 11 is 0. The van der Waals surface area contributed by atoms with E-state index in [1.54, 1.807) is 30.3 Å². The molecule has 2 rings (SSSR count). The summed E-state index contributed by atoms with van der Waals surface area (Å²) in [4.78, 5) is 0. The second-order valence-electron chi connectivity index (χ2n) is 3.29. The normalized spacial score (nSPS) is 10.1. The van der Waals surface area contributed by atoms with Crippen molar-refractivity contribution in [1.82, 2.24) is 0 Å². The van der Waals surface area contributed by atoms with Crippen molar-refractivity contribution in [3.8, 4) is 22.6 Å². The maximum absolute atomic E-state index is 9.62. The van der Waals surface area contributed by atoms with E-state index in [4.69, 9.17) is 5.73 Å². The lowest BCUT2D eigenvalue weighted by Crippen LogP contribution is -1.84. The lowest BCUT2D eigenvalue weighted by Gasteiger charge is -2.07. The van der Waals surface area contributed by atoms with Crippen molar-refractivity contribution in [2.24, 2.45) is 0 Å². The smallest absolute Gasteiger partial charge is 0.127 e. The number of nitrogen functional groups attached to an aromatic ring is 1. The highest BCUT2D eigenvalue weighted by Crippen LogP contribution is 2.36. The highest BCUT2D eigenvalue weighted by molar-refractivity contribution is 5.76. The van der Waals surface area contributed by atoms with Crippen LogP contribution in [0.4, 0.5) is 5.69 Å². The predicted octanol–water partition coefficient (Wildman–Crippen LogP) is 2.35. The number of nitrogens with two attached hydrogens (primary N) is 1. The first-order valence-electron chi connectivity index (χ1n) is 4.55. The van der Waals surface area contributed by atoms with Gasteiger partial charge in [0.1, 0.15) is 11.5 Å². The molecule has 0 amide bonds. The SMILES string of the molecule is Nc1ccc(-c2c(O)cccc2O)cc1. The fourth-order valence-electron chi connectivity index (χ4n) is 1.47. The Balaban J connectivity index is 2.58. The van der Waals surface area contributed by atoms with Crippen LogP contribution in [-0.4, -0.2) is 10.2 Å². The van der Waals surface area contributed by atoms with Gasteiger partial charge in [-0.25, -0.2) is 0 Å². The Morgan fingerprint density at radius 2 is 1.33 bits per heavy atom. The molecule has 0 saturated heterocycles. The monoisotopic (exact) mass is 201 g/mol. The van der Waals surface area contributed by atoms with Crippen LogP contribution in [0.5, 0.6) is 11.5 Å². The number of benzene rings is 2. The second-order valence-corrected chi connectivity index (χ2v) is 3.29. The van der Waals surface area contributed by atoms with E-state index in [2.05, 4.69) is 0 Å². The van der Waals surface area contributed by atoms with Gasteiger partial charge in [-0.3, -0.25) is 0 Å². The molecule has 0 aromatic heterocycles. The first-order valence-corrected chi connectivity index (χ1v) is 4.55. The third kappa shape index (κ3) is 1.72. The zero-order valence-corrected chi connectivity index (χ0v) is 8.01. The number of phenols is 2. The van der Waals surface area contributed by atoms with Gasteiger partial charge in [0.2, 0.25) is 0 Å². The zero-order valence-electron chi connectivity index (χ0n) is 8.01. The standard InChI is InChI=1S/C12H11NO2/c13-9-6-4-8(5-7-9)12-10(14)2-1-3-11(12)15/h1-7,14-15H,13H2. The molecule has 0 bridgehead atoms. The topological polar surface area (TPSA) is 66.5 Å². The molecular weight excluding hydrogens is 190 g/mol. The van der Waals surface area contributed by atoms with Gasteiger partial charge in [0.05, 0.1) is 5.56 Å². The van der Waals surface area contributed by atoms with Crippen molar-refractivity contribution in [1.29, 1.82) is 0 Å². The van der Waals surface area contributed by atoms with Crippen LogP contribution in [0.2, 0.25) is 0 Å². The molecule has 0 aliphatic heterocycles. The minimum atomic E-state index is 0.0553. The Morgan fingerprint density at radius 3 is 1.87 bits per heavy atom. The number of phenolic OH excluding ortho intramolecular Hbond substituents is 2. The number of hydrogen-bond donors (Lipinski definition) is 3. The largest absolute Gasteiger partial charge is 0.507 e. The quantitative estimate of drug-likeness (QED) is 0.620. The van der Waals surface area contributed by atoms with Gasteiger partial charge in [-0.2, -0.15) is 0 Å². The molecule has 0 fully saturated rings. The fraction of sp³-hybridized carbons (Fsp3) is 0. The third-order valence-corrected chi connectivity index (χ3v) is 2.22. The van der Waals surface area contributed by atoms with Crippen LogP contribution in [0.1, 0.15) is 0 Å². The molecule has 0 aliphatic rings. The molecule has 0 spiro atoms. The summed E-state index contributed by atoms with van der Waals surface area (Å²) in [6.07, 6.45) is 0. The molecule has 2 aromatic carbocycles. The van der Waals surface area contributed by atoms with Crippen LogP contribution >= 0.6 is 0 Å². The van der Waals surface area contributed by atoms with E-state index in [9.17, 15) is 10.2 Å². The summed E-state index contributed by atoms with van der Waals surface area (Å²) in [6, 6.07) is 11.6. The second kappa shape index (κ2) is 3.53. The average molecular weight is 201 g/mol. The van der Waals surface area contributed by atoms with Crippen LogP contribution in [0.3, 0.4) is 0 Å². The molecule has 3 nitrogen and oxygen atoms in total. The Labute approximate surface area is 87.4 Å². The number of anilines is 1. The van der Waals surface area contributed by atoms with Crippen LogP contribution in [0.25, 0.3) is 11.1 Å². The number of hydrogen-bond acceptors (Lipinski definition) is 3. The molecule has 76 valence electrons. The van der Waals surface area contributed by atoms with Crippen molar-refractivity contribution >= 4 is 5.69 Å². The molecule has 2 aromatic rings. The van der Waals surface area contributed by atoms with Gasteiger partial charge < -0.3 is 15.9 Å². The minimum Gasteiger partial charge on any atom is -0.507 e. The minimum absolute atomic E-state index is 0.0553. The van der Waals surface area contributed by atoms with Crippen molar-refractivity contribution in [3.05, 3.63) is 42.5 Å². The highest BCUT2D eigenvalue weighted by atomic mass is 16.3. The van der Waals surface area contributed by atoms with Gasteiger partial charge in [0, 0.05) is 5.69 Å². The first kappa shape index (κ1) is 9.40. The van der Waals surface area contributed by atoms with Gasteiger partial charge in [-0.15, -0.1) is 0 Å². The maximum Gasteiger partial charge on any atom is 0.127 e. The lowest BCUT2D eigenvalue weighted by molar-refractivity contribution is 0.454. The van der Waals surface area contributed by atoms with Crippen molar-refractivity contribution in [3.63, 3.8) is 0 Å². The summed E-state index contributed by atoms with van der Waals surface area (Å²) in [5.74, 6) is 0.111. The van der Waals surface area contributed by atoms with Crippen LogP contribution in [-0.2, 0) is 0 Å². The Morgan fingerprint density at radius 1 is 0.800 bits per heavy atom. The number of aromatic hydroxyl groups is 2. The molecule has 4 N–H and O–H groups in total. The van der Waals surface area contributed by atoms with Gasteiger partial charge in [0.25, 0.3) is 0 Å². The summed E-state index contributed by atoms with van der Waals surface area (Å²) in [5, 5.41) is 19.2. The molecular formula is C12H11NO2. The van der Waals surface area contributed by atoms with Gasteiger partial charge >= 0.3 is 0 Å². The third-order valence-electron chi connectivity index (χ3n) is 2.22. The van der Waals surface area contributed by atoms with E-state index in [1.165, 1.54) is 12.1 Å². The maximum atomic E-state index is 9.62. The van der Waals surface area contributed by atoms with Crippen LogP contribution in [0, 0.1) is 0 Å². The molecule has 0 heterocycles. The Hall–Kier alpha value is -2.16. The van der Waals surface area contributed by atoms with E-state index in [-0.39, 0.29) is 11.5 Å². The Bertz CT molecular complexity index is 457. The number of rotatable bonds is 1. The van der Waals surface area contributed by atoms with Crippen LogP contribution in [0.15, 0.2) is 42.5 Å². The molecule has 3 heteroatoms. The molecule has 0 atom stereocenters. The zero-order chi connectivity index (χ0) is 10.8. The van der Waals surface area contributed by atoms with E-state index in [0.717, 1.165) is 5.56 Å². The molecule has 0 aliphatic carbocycles. The van der Waals surface area contributed by atoms with Gasteiger partial charge in [0.15, 0.2) is 0 Å². The van der Waals surface area contributed by atoms with E-state index >= 15 is 0 Å². The van der Waals surface area contributed by atoms with Gasteiger partial charge in [-0.1, -0.05) is 18.2 Å². The molecule has 0 radical (unpaired) electrons. The summed E-state index contributed by atoms with van der Waals surface area (Å²) < 4.78 is 0. The van der Waals surface area contributed by atoms with Crippen molar-refractivity contribution < 1.29 is 10.2 Å². The van der Waals surface area contributed by atoms with Crippen molar-refractivity contribution in [2.45, 2.75) is 0 Å². The Kier molecular flexibility index (Phi) is 2.21. The molecule has 0 unspecified atom stereocenters. The first-order chi connectivity index (χ1) is 7.18. The summed E-state index contributed by atoms with van der Waals surface area (Å²) in [6.45, 7) is 0. The predicted molar refractivity (Wildman–Crippen MR) is 59.6 cm³/mol. The van der Waals surface area contributed by atoms with E-state index in [1.807, 2.05) is 0 Å². The van der Waals surface area contributed by atoms with Crippen LogP contribution < -0.4 is 5.73 Å². The summed E-state index contributed by atoms with van der Waals surface area (Å²) in [5.41, 5.74) is 7.37. The average Bonchev–Trinajstić information content (AvgIpc) is 2.20. The molecule has 15 heavy (non-hydrogen) atoms. The van der Waals surface area contributed by atoms with E-state index in [0.29, 0.717) is 11.3 Å². The molecule has 0 saturated carbocycles. The fourth-order valence-corrected chi connectivity index (χ4v) is 1.47.